The fraction of sp³-hybridized carbons (Fsp3) is 0.750. The van der Waals surface area contributed by atoms with Crippen LogP contribution in [0.15, 0.2) is 0 Å². The second kappa shape index (κ2) is 4.59. The largest absolute Gasteiger partial charge is 0.327 e. The molecule has 0 aliphatic carbocycles. The molecule has 0 saturated heterocycles. The maximum absolute atomic E-state index is 6.19. The highest BCUT2D eigenvalue weighted by molar-refractivity contribution is 7.16. The van der Waals surface area contributed by atoms with E-state index in [1.807, 2.05) is 4.52 Å². The molecule has 0 fully saturated rings. The zero-order chi connectivity index (χ0) is 13.5. The van der Waals surface area contributed by atoms with Gasteiger partial charge in [-0.3, -0.25) is 0 Å². The fourth-order valence-corrected chi connectivity index (χ4v) is 2.51. The minimum absolute atomic E-state index is 0.0902. The lowest BCUT2D eigenvalue weighted by Gasteiger charge is -2.25. The molecule has 100 valence electrons. The van der Waals surface area contributed by atoms with E-state index in [2.05, 4.69) is 49.9 Å². The summed E-state index contributed by atoms with van der Waals surface area (Å²) in [7, 11) is 0. The topological polar surface area (TPSA) is 69.1 Å². The molecule has 1 unspecified atom stereocenters. The van der Waals surface area contributed by atoms with E-state index in [-0.39, 0.29) is 11.5 Å². The highest BCUT2D eigenvalue weighted by Crippen LogP contribution is 2.24. The Bertz CT molecular complexity index is 534. The molecule has 0 spiro atoms. The minimum atomic E-state index is 0.0902. The summed E-state index contributed by atoms with van der Waals surface area (Å²) in [4.78, 5) is 0.856. The highest BCUT2D eigenvalue weighted by atomic mass is 32.1. The summed E-state index contributed by atoms with van der Waals surface area (Å²) in [6, 6.07) is 0.101. The molecule has 2 aromatic rings. The molecular formula is C12H21N5S. The van der Waals surface area contributed by atoms with Crippen LogP contribution in [0.3, 0.4) is 0 Å². The molecule has 0 aromatic carbocycles. The van der Waals surface area contributed by atoms with Gasteiger partial charge in [0.25, 0.3) is 0 Å². The van der Waals surface area contributed by atoms with Crippen LogP contribution in [0.5, 0.6) is 0 Å². The molecule has 1 atom stereocenters. The van der Waals surface area contributed by atoms with E-state index in [0.29, 0.717) is 5.92 Å². The highest BCUT2D eigenvalue weighted by Gasteiger charge is 2.23. The van der Waals surface area contributed by atoms with Crippen molar-refractivity contribution in [3.63, 3.8) is 0 Å². The monoisotopic (exact) mass is 267 g/mol. The maximum Gasteiger partial charge on any atom is 0.234 e. The normalized spacial score (nSPS) is 14.6. The van der Waals surface area contributed by atoms with Gasteiger partial charge in [-0.15, -0.1) is 10.2 Å². The summed E-state index contributed by atoms with van der Waals surface area (Å²) in [6.45, 7) is 10.6. The smallest absolute Gasteiger partial charge is 0.234 e. The molecule has 0 aliphatic rings. The first-order valence-corrected chi connectivity index (χ1v) is 7.07. The van der Waals surface area contributed by atoms with Gasteiger partial charge in [0.15, 0.2) is 5.82 Å². The molecule has 18 heavy (non-hydrogen) atoms. The van der Waals surface area contributed by atoms with Crippen LogP contribution in [-0.4, -0.2) is 25.9 Å². The third-order valence-electron chi connectivity index (χ3n) is 3.08. The Morgan fingerprint density at radius 3 is 2.50 bits per heavy atom. The number of aromatic nitrogens is 4. The first-order chi connectivity index (χ1) is 8.29. The molecule has 2 rings (SSSR count). The van der Waals surface area contributed by atoms with Gasteiger partial charge in [-0.1, -0.05) is 46.0 Å². The van der Waals surface area contributed by atoms with Crippen molar-refractivity contribution in [1.29, 1.82) is 0 Å². The van der Waals surface area contributed by atoms with Gasteiger partial charge in [0.1, 0.15) is 5.01 Å². The Balaban J connectivity index is 2.26. The van der Waals surface area contributed by atoms with Crippen molar-refractivity contribution in [1.82, 2.24) is 19.8 Å². The van der Waals surface area contributed by atoms with Gasteiger partial charge in [-0.05, 0) is 5.41 Å². The second-order valence-corrected chi connectivity index (χ2v) is 7.12. The molecule has 2 N–H and O–H groups in total. The van der Waals surface area contributed by atoms with E-state index < -0.39 is 0 Å². The summed E-state index contributed by atoms with van der Waals surface area (Å²) < 4.78 is 1.85. The van der Waals surface area contributed by atoms with Crippen molar-refractivity contribution in [3.8, 4) is 0 Å². The van der Waals surface area contributed by atoms with Crippen LogP contribution >= 0.6 is 11.3 Å². The van der Waals surface area contributed by atoms with Gasteiger partial charge in [0.05, 0.1) is 0 Å². The number of nitrogens with two attached hydrogens (primary N) is 1. The van der Waals surface area contributed by atoms with E-state index in [1.165, 1.54) is 0 Å². The second-order valence-electron chi connectivity index (χ2n) is 6.08. The molecule has 0 amide bonds. The van der Waals surface area contributed by atoms with Gasteiger partial charge < -0.3 is 5.73 Å². The van der Waals surface area contributed by atoms with Gasteiger partial charge in [-0.2, -0.15) is 9.61 Å². The minimum Gasteiger partial charge on any atom is -0.327 e. The van der Waals surface area contributed by atoms with E-state index in [4.69, 9.17) is 5.73 Å². The average Bonchev–Trinajstić information content (AvgIpc) is 2.74. The predicted molar refractivity (Wildman–Crippen MR) is 73.9 cm³/mol. The quantitative estimate of drug-likeness (QED) is 0.926. The lowest BCUT2D eigenvalue weighted by Crippen LogP contribution is -2.36. The molecule has 6 heteroatoms. The van der Waals surface area contributed by atoms with Crippen LogP contribution < -0.4 is 5.73 Å². The Labute approximate surface area is 111 Å². The molecule has 0 radical (unpaired) electrons. The van der Waals surface area contributed by atoms with Crippen LogP contribution in [0.1, 0.15) is 51.4 Å². The predicted octanol–water partition coefficient (Wildman–Crippen LogP) is 2.23. The maximum atomic E-state index is 6.19. The Hall–Kier alpha value is -1.01. The molecule has 0 aliphatic heterocycles. The number of rotatable bonds is 3. The summed E-state index contributed by atoms with van der Waals surface area (Å²) in [5.74, 6) is 1.24. The van der Waals surface area contributed by atoms with Gasteiger partial charge in [0.2, 0.25) is 4.96 Å². The number of fused-ring (bicyclic) bond motifs is 1. The molecule has 2 heterocycles. The summed E-state index contributed by atoms with van der Waals surface area (Å²) >= 11 is 1.58. The third kappa shape index (κ3) is 2.54. The Morgan fingerprint density at radius 1 is 1.28 bits per heavy atom. The van der Waals surface area contributed by atoms with E-state index in [0.717, 1.165) is 22.2 Å². The SMILES string of the molecule is CC(C)c1nnc2sc(CC(N)C(C)(C)C)nn12. The molecular weight excluding hydrogens is 246 g/mol. The van der Waals surface area contributed by atoms with E-state index >= 15 is 0 Å². The third-order valence-corrected chi connectivity index (χ3v) is 4.00. The van der Waals surface area contributed by atoms with Crippen molar-refractivity contribution in [2.75, 3.05) is 0 Å². The molecule has 0 saturated carbocycles. The summed E-state index contributed by atoms with van der Waals surface area (Å²) in [5.41, 5.74) is 6.28. The Morgan fingerprint density at radius 2 is 1.94 bits per heavy atom. The molecule has 5 nitrogen and oxygen atoms in total. The van der Waals surface area contributed by atoms with E-state index in [1.54, 1.807) is 11.3 Å². The van der Waals surface area contributed by atoms with Crippen molar-refractivity contribution in [3.05, 3.63) is 10.8 Å². The zero-order valence-corrected chi connectivity index (χ0v) is 12.5. The van der Waals surface area contributed by atoms with Gasteiger partial charge in [-0.25, -0.2) is 0 Å². The molecule has 0 bridgehead atoms. The van der Waals surface area contributed by atoms with Crippen molar-refractivity contribution in [2.45, 2.75) is 53.0 Å². The average molecular weight is 267 g/mol. The van der Waals surface area contributed by atoms with Crippen LogP contribution in [0, 0.1) is 5.41 Å². The standard InChI is InChI=1S/C12H21N5S/c1-7(2)10-14-15-11-17(10)16-9(18-11)6-8(13)12(3,4)5/h7-8H,6,13H2,1-5H3. The lowest BCUT2D eigenvalue weighted by molar-refractivity contribution is 0.318. The molecule has 2 aromatic heterocycles. The van der Waals surface area contributed by atoms with Crippen LogP contribution in [0.4, 0.5) is 0 Å². The number of nitrogens with zero attached hydrogens (tertiary/aromatic N) is 4. The van der Waals surface area contributed by atoms with Crippen LogP contribution in [-0.2, 0) is 6.42 Å². The summed E-state index contributed by atoms with van der Waals surface area (Å²) in [6.07, 6.45) is 0.787. The first kappa shape index (κ1) is 13.4. The van der Waals surface area contributed by atoms with Crippen molar-refractivity contribution in [2.24, 2.45) is 11.1 Å². The van der Waals surface area contributed by atoms with Gasteiger partial charge >= 0.3 is 0 Å². The van der Waals surface area contributed by atoms with Crippen LogP contribution in [0.25, 0.3) is 4.96 Å². The zero-order valence-electron chi connectivity index (χ0n) is 11.6. The lowest BCUT2D eigenvalue weighted by atomic mass is 9.86. The Kier molecular flexibility index (Phi) is 3.42. The fourth-order valence-electron chi connectivity index (χ4n) is 1.61. The van der Waals surface area contributed by atoms with Crippen LogP contribution in [0.2, 0.25) is 0 Å². The van der Waals surface area contributed by atoms with Gasteiger partial charge in [0, 0.05) is 18.4 Å². The van der Waals surface area contributed by atoms with Crippen molar-refractivity contribution < 1.29 is 0 Å². The number of hydrogen-bond acceptors (Lipinski definition) is 5. The number of hydrogen-bond donors (Lipinski definition) is 1. The summed E-state index contributed by atoms with van der Waals surface area (Å²) in [5, 5.41) is 13.9. The van der Waals surface area contributed by atoms with Crippen molar-refractivity contribution >= 4 is 16.3 Å². The van der Waals surface area contributed by atoms with E-state index in [9.17, 15) is 0 Å². The first-order valence-electron chi connectivity index (χ1n) is 6.25.